The highest BCUT2D eigenvalue weighted by Gasteiger charge is 2.35. The fraction of sp³-hybridized carbons (Fsp3) is 0.538. The van der Waals surface area contributed by atoms with Crippen LogP contribution in [0.1, 0.15) is 24.1 Å². The van der Waals surface area contributed by atoms with Crippen molar-refractivity contribution in [3.8, 4) is 0 Å². The summed E-state index contributed by atoms with van der Waals surface area (Å²) in [5.74, 6) is -1.31. The first-order chi connectivity index (χ1) is 9.81. The standard InChI is InChI=1S/C11H12F4N2O.C2H6O/c12-9-2-1-7(5-8(9)11(13,14)15)10-6-16-3-4-17(10)18;1-2-3/h1-2,5,10,16,18H,3-4,6H2;3H,2H2,1H3. The van der Waals surface area contributed by atoms with E-state index >= 15 is 0 Å². The van der Waals surface area contributed by atoms with Gasteiger partial charge >= 0.3 is 6.18 Å². The van der Waals surface area contributed by atoms with Gasteiger partial charge in [-0.1, -0.05) is 6.07 Å². The van der Waals surface area contributed by atoms with E-state index in [4.69, 9.17) is 5.11 Å². The first kappa shape index (κ1) is 17.8. The molecule has 4 nitrogen and oxygen atoms in total. The fourth-order valence-electron chi connectivity index (χ4n) is 1.95. The van der Waals surface area contributed by atoms with E-state index in [2.05, 4.69) is 5.32 Å². The van der Waals surface area contributed by atoms with Gasteiger partial charge in [-0.15, -0.1) is 0 Å². The third-order valence-electron chi connectivity index (χ3n) is 2.90. The minimum absolute atomic E-state index is 0.235. The molecule has 120 valence electrons. The Morgan fingerprint density at radius 3 is 2.52 bits per heavy atom. The average Bonchev–Trinajstić information content (AvgIpc) is 2.40. The third kappa shape index (κ3) is 4.92. The van der Waals surface area contributed by atoms with Gasteiger partial charge in [0.15, 0.2) is 0 Å². The highest BCUT2D eigenvalue weighted by molar-refractivity contribution is 5.29. The molecule has 1 aromatic carbocycles. The molecule has 1 heterocycles. The topological polar surface area (TPSA) is 55.7 Å². The molecule has 8 heteroatoms. The zero-order valence-corrected chi connectivity index (χ0v) is 11.5. The Hall–Kier alpha value is -1.22. The minimum atomic E-state index is -4.73. The van der Waals surface area contributed by atoms with Crippen LogP contribution in [0.4, 0.5) is 17.6 Å². The lowest BCUT2D eigenvalue weighted by molar-refractivity contribution is -0.143. The molecule has 1 unspecified atom stereocenters. The summed E-state index contributed by atoms with van der Waals surface area (Å²) in [7, 11) is 0. The molecule has 0 saturated carbocycles. The summed E-state index contributed by atoms with van der Waals surface area (Å²) >= 11 is 0. The van der Waals surface area contributed by atoms with Crippen LogP contribution in [0.3, 0.4) is 0 Å². The third-order valence-corrected chi connectivity index (χ3v) is 2.90. The molecule has 1 aliphatic heterocycles. The van der Waals surface area contributed by atoms with Crippen molar-refractivity contribution in [3.05, 3.63) is 35.1 Å². The molecular formula is C13H18F4N2O2. The predicted octanol–water partition coefficient (Wildman–Crippen LogP) is 2.18. The number of hydroxylamine groups is 2. The first-order valence-electron chi connectivity index (χ1n) is 6.45. The lowest BCUT2D eigenvalue weighted by Crippen LogP contribution is -2.44. The van der Waals surface area contributed by atoms with Crippen LogP contribution in [0.2, 0.25) is 0 Å². The number of alkyl halides is 3. The molecule has 0 spiro atoms. The zero-order valence-electron chi connectivity index (χ0n) is 11.5. The molecule has 1 fully saturated rings. The summed E-state index contributed by atoms with van der Waals surface area (Å²) in [6, 6.07) is 2.18. The van der Waals surface area contributed by atoms with E-state index in [0.717, 1.165) is 17.2 Å². The van der Waals surface area contributed by atoms with E-state index in [0.29, 0.717) is 19.6 Å². The van der Waals surface area contributed by atoms with Crippen molar-refractivity contribution >= 4 is 0 Å². The summed E-state index contributed by atoms with van der Waals surface area (Å²) in [4.78, 5) is 0. The number of nitrogens with zero attached hydrogens (tertiary/aromatic N) is 1. The van der Waals surface area contributed by atoms with Crippen LogP contribution in [0, 0.1) is 5.82 Å². The molecule has 0 amide bonds. The summed E-state index contributed by atoms with van der Waals surface area (Å²) in [6.45, 7) is 3.11. The number of rotatable bonds is 1. The van der Waals surface area contributed by atoms with Crippen LogP contribution in [-0.4, -0.2) is 41.6 Å². The van der Waals surface area contributed by atoms with Crippen LogP contribution in [0.15, 0.2) is 18.2 Å². The van der Waals surface area contributed by atoms with Crippen molar-refractivity contribution in [2.24, 2.45) is 0 Å². The number of halogens is 4. The van der Waals surface area contributed by atoms with Crippen LogP contribution >= 0.6 is 0 Å². The number of nitrogens with one attached hydrogen (secondary N) is 1. The van der Waals surface area contributed by atoms with Gasteiger partial charge in [-0.25, -0.2) is 4.39 Å². The molecule has 0 radical (unpaired) electrons. The smallest absolute Gasteiger partial charge is 0.397 e. The van der Waals surface area contributed by atoms with E-state index in [9.17, 15) is 22.8 Å². The monoisotopic (exact) mass is 310 g/mol. The van der Waals surface area contributed by atoms with Crippen molar-refractivity contribution in [1.29, 1.82) is 0 Å². The highest BCUT2D eigenvalue weighted by atomic mass is 19.4. The second-order valence-corrected chi connectivity index (χ2v) is 4.44. The largest absolute Gasteiger partial charge is 0.419 e. The van der Waals surface area contributed by atoms with Crippen LogP contribution < -0.4 is 5.32 Å². The molecular weight excluding hydrogens is 292 g/mol. The summed E-state index contributed by atoms with van der Waals surface area (Å²) in [6.07, 6.45) is -4.73. The van der Waals surface area contributed by atoms with Gasteiger partial charge in [0.2, 0.25) is 0 Å². The number of hydrogen-bond acceptors (Lipinski definition) is 4. The fourth-order valence-corrected chi connectivity index (χ4v) is 1.95. The second kappa shape index (κ2) is 7.69. The summed E-state index contributed by atoms with van der Waals surface area (Å²) in [5.41, 5.74) is -1.07. The number of piperazine rings is 1. The zero-order chi connectivity index (χ0) is 16.0. The highest BCUT2D eigenvalue weighted by Crippen LogP contribution is 2.33. The summed E-state index contributed by atoms with van der Waals surface area (Å²) < 4.78 is 50.8. The molecule has 2 rings (SSSR count). The number of hydrogen-bond donors (Lipinski definition) is 3. The predicted molar refractivity (Wildman–Crippen MR) is 68.3 cm³/mol. The van der Waals surface area contributed by atoms with E-state index in [-0.39, 0.29) is 12.2 Å². The molecule has 1 atom stereocenters. The lowest BCUT2D eigenvalue weighted by atomic mass is 10.0. The van der Waals surface area contributed by atoms with Crippen LogP contribution in [0.25, 0.3) is 0 Å². The number of aliphatic hydroxyl groups excluding tert-OH is 1. The quantitative estimate of drug-likeness (QED) is 0.696. The van der Waals surface area contributed by atoms with Crippen molar-refractivity contribution in [1.82, 2.24) is 10.4 Å². The minimum Gasteiger partial charge on any atom is -0.397 e. The van der Waals surface area contributed by atoms with Crippen molar-refractivity contribution in [2.75, 3.05) is 26.2 Å². The van der Waals surface area contributed by atoms with E-state index in [1.807, 2.05) is 0 Å². The van der Waals surface area contributed by atoms with E-state index < -0.39 is 23.6 Å². The van der Waals surface area contributed by atoms with Gasteiger partial charge in [0.1, 0.15) is 5.82 Å². The van der Waals surface area contributed by atoms with Crippen LogP contribution in [0.5, 0.6) is 0 Å². The van der Waals surface area contributed by atoms with Crippen LogP contribution in [-0.2, 0) is 6.18 Å². The molecule has 0 aliphatic carbocycles. The molecule has 1 aromatic rings. The number of aliphatic hydroxyl groups is 1. The van der Waals surface area contributed by atoms with E-state index in [1.165, 1.54) is 6.07 Å². The van der Waals surface area contributed by atoms with Crippen molar-refractivity contribution in [2.45, 2.75) is 19.1 Å². The van der Waals surface area contributed by atoms with Gasteiger partial charge in [-0.2, -0.15) is 18.2 Å². The lowest BCUT2D eigenvalue weighted by Gasteiger charge is -2.31. The van der Waals surface area contributed by atoms with Gasteiger partial charge in [0, 0.05) is 26.2 Å². The molecule has 3 N–H and O–H groups in total. The Morgan fingerprint density at radius 2 is 2.00 bits per heavy atom. The Balaban J connectivity index is 0.000000677. The summed E-state index contributed by atoms with van der Waals surface area (Å²) in [5, 5.41) is 21.1. The first-order valence-corrected chi connectivity index (χ1v) is 6.45. The van der Waals surface area contributed by atoms with Gasteiger partial charge in [-0.05, 0) is 24.6 Å². The van der Waals surface area contributed by atoms with Crippen molar-refractivity contribution < 1.29 is 27.9 Å². The molecule has 0 aromatic heterocycles. The Labute approximate surface area is 120 Å². The SMILES string of the molecule is CCO.ON1CCNCC1c1ccc(F)c(C(F)(F)F)c1. The Morgan fingerprint density at radius 1 is 1.38 bits per heavy atom. The van der Waals surface area contributed by atoms with Gasteiger partial charge in [0.25, 0.3) is 0 Å². The normalized spacial score (nSPS) is 19.9. The maximum atomic E-state index is 13.1. The van der Waals surface area contributed by atoms with Crippen molar-refractivity contribution in [3.63, 3.8) is 0 Å². The maximum absolute atomic E-state index is 13.1. The Bertz CT molecular complexity index is 454. The number of benzene rings is 1. The molecule has 0 bridgehead atoms. The maximum Gasteiger partial charge on any atom is 0.419 e. The van der Waals surface area contributed by atoms with Gasteiger partial charge in [0.05, 0.1) is 11.6 Å². The average molecular weight is 310 g/mol. The van der Waals surface area contributed by atoms with Gasteiger partial charge < -0.3 is 15.6 Å². The Kier molecular flexibility index (Phi) is 6.53. The molecule has 1 saturated heterocycles. The molecule has 21 heavy (non-hydrogen) atoms. The van der Waals surface area contributed by atoms with E-state index in [1.54, 1.807) is 6.92 Å². The molecule has 1 aliphatic rings. The van der Waals surface area contributed by atoms with Gasteiger partial charge in [-0.3, -0.25) is 0 Å². The second-order valence-electron chi connectivity index (χ2n) is 4.44.